The van der Waals surface area contributed by atoms with Gasteiger partial charge in [-0.25, -0.2) is 0 Å². The van der Waals surface area contributed by atoms with Gasteiger partial charge >= 0.3 is 0 Å². The minimum Gasteiger partial charge on any atom is -0.507 e. The van der Waals surface area contributed by atoms with Gasteiger partial charge in [-0.05, 0) is 67.1 Å². The maximum Gasteiger partial charge on any atom is 0.295 e. The van der Waals surface area contributed by atoms with Gasteiger partial charge in [-0.1, -0.05) is 54.6 Å². The Balaban J connectivity index is 1.50. The molecular formula is C31H31NO5. The minimum atomic E-state index is -0.681. The molecule has 3 aromatic carbocycles. The molecule has 0 spiro atoms. The zero-order chi connectivity index (χ0) is 25.9. The van der Waals surface area contributed by atoms with Crippen molar-refractivity contribution in [3.63, 3.8) is 0 Å². The van der Waals surface area contributed by atoms with E-state index in [0.29, 0.717) is 31.1 Å². The monoisotopic (exact) mass is 497 g/mol. The average molecular weight is 498 g/mol. The van der Waals surface area contributed by atoms with Gasteiger partial charge in [-0.15, -0.1) is 0 Å². The van der Waals surface area contributed by atoms with Crippen LogP contribution in [0.3, 0.4) is 0 Å². The number of likely N-dealkylation sites (tertiary alicyclic amines) is 1. The molecule has 6 nitrogen and oxygen atoms in total. The third-order valence-corrected chi connectivity index (χ3v) is 7.13. The molecular weight excluding hydrogens is 466 g/mol. The molecule has 2 fully saturated rings. The number of amides is 1. The molecule has 190 valence electrons. The number of ether oxygens (including phenoxy) is 2. The highest BCUT2D eigenvalue weighted by atomic mass is 16.5. The van der Waals surface area contributed by atoms with Crippen LogP contribution in [-0.4, -0.2) is 41.0 Å². The van der Waals surface area contributed by atoms with E-state index in [1.165, 1.54) is 0 Å². The first-order chi connectivity index (χ1) is 17.9. The second-order valence-corrected chi connectivity index (χ2v) is 9.70. The lowest BCUT2D eigenvalue weighted by Crippen LogP contribution is -2.36. The topological polar surface area (TPSA) is 76.1 Å². The van der Waals surface area contributed by atoms with Crippen LogP contribution in [0, 0.1) is 13.8 Å². The summed E-state index contributed by atoms with van der Waals surface area (Å²) in [5.41, 5.74) is 4.21. The van der Waals surface area contributed by atoms with Crippen molar-refractivity contribution >= 4 is 17.4 Å². The van der Waals surface area contributed by atoms with Gasteiger partial charge in [-0.2, -0.15) is 0 Å². The molecule has 2 heterocycles. The quantitative estimate of drug-likeness (QED) is 0.266. The number of carbonyl (C=O) groups excluding carboxylic acids is 2. The molecule has 5 rings (SSSR count). The molecule has 0 aliphatic carbocycles. The molecule has 0 radical (unpaired) electrons. The molecule has 2 unspecified atom stereocenters. The van der Waals surface area contributed by atoms with Crippen LogP contribution in [0.1, 0.15) is 46.7 Å². The zero-order valence-corrected chi connectivity index (χ0v) is 21.1. The highest BCUT2D eigenvalue weighted by Crippen LogP contribution is 2.41. The van der Waals surface area contributed by atoms with E-state index in [0.717, 1.165) is 35.1 Å². The lowest BCUT2D eigenvalue weighted by atomic mass is 9.92. The normalized spacial score (nSPS) is 21.0. The van der Waals surface area contributed by atoms with E-state index in [2.05, 4.69) is 0 Å². The number of aliphatic hydroxyl groups excluding tert-OH is 1. The van der Waals surface area contributed by atoms with Crippen LogP contribution in [0.4, 0.5) is 0 Å². The first-order valence-electron chi connectivity index (χ1n) is 12.7. The second-order valence-electron chi connectivity index (χ2n) is 9.70. The number of nitrogens with zero attached hydrogens (tertiary/aromatic N) is 1. The Bertz CT molecular complexity index is 1340. The molecule has 0 bridgehead atoms. The predicted molar refractivity (Wildman–Crippen MR) is 141 cm³/mol. The van der Waals surface area contributed by atoms with E-state index in [1.54, 1.807) is 23.1 Å². The van der Waals surface area contributed by atoms with Crippen molar-refractivity contribution in [2.75, 3.05) is 13.2 Å². The Kier molecular flexibility index (Phi) is 7.10. The van der Waals surface area contributed by atoms with Crippen molar-refractivity contribution in [3.8, 4) is 5.75 Å². The highest BCUT2D eigenvalue weighted by molar-refractivity contribution is 6.46. The van der Waals surface area contributed by atoms with Gasteiger partial charge in [0.15, 0.2) is 0 Å². The largest absolute Gasteiger partial charge is 0.507 e. The van der Waals surface area contributed by atoms with Crippen LogP contribution in [0.25, 0.3) is 5.76 Å². The zero-order valence-electron chi connectivity index (χ0n) is 21.1. The smallest absolute Gasteiger partial charge is 0.295 e. The SMILES string of the molecule is Cc1cc(/C(O)=C2\C(=O)C(=O)N(CC3CCCO3)C2c2ccccc2C)ccc1OCc1ccccc1. The van der Waals surface area contributed by atoms with Gasteiger partial charge < -0.3 is 19.5 Å². The summed E-state index contributed by atoms with van der Waals surface area (Å²) in [4.78, 5) is 28.1. The Morgan fingerprint density at radius 1 is 1.00 bits per heavy atom. The van der Waals surface area contributed by atoms with E-state index in [-0.39, 0.29) is 17.4 Å². The predicted octanol–water partition coefficient (Wildman–Crippen LogP) is 5.48. The fraction of sp³-hybridized carbons (Fsp3) is 0.290. The molecule has 1 amide bonds. The Hall–Kier alpha value is -3.90. The summed E-state index contributed by atoms with van der Waals surface area (Å²) in [6.45, 7) is 5.23. The van der Waals surface area contributed by atoms with E-state index in [4.69, 9.17) is 9.47 Å². The third kappa shape index (κ3) is 5.02. The van der Waals surface area contributed by atoms with Gasteiger partial charge in [0.2, 0.25) is 0 Å². The molecule has 37 heavy (non-hydrogen) atoms. The Labute approximate surface area is 217 Å². The summed E-state index contributed by atoms with van der Waals surface area (Å²) < 4.78 is 11.8. The maximum absolute atomic E-state index is 13.3. The molecule has 6 heteroatoms. The van der Waals surface area contributed by atoms with Crippen molar-refractivity contribution in [3.05, 3.63) is 106 Å². The number of aliphatic hydroxyl groups is 1. The molecule has 2 aliphatic heterocycles. The number of aryl methyl sites for hydroxylation is 2. The lowest BCUT2D eigenvalue weighted by molar-refractivity contribution is -0.140. The summed E-state index contributed by atoms with van der Waals surface area (Å²) in [6, 6.07) is 22.2. The summed E-state index contributed by atoms with van der Waals surface area (Å²) in [6.07, 6.45) is 1.65. The molecule has 2 aliphatic rings. The van der Waals surface area contributed by atoms with Gasteiger partial charge in [0, 0.05) is 18.7 Å². The number of rotatable bonds is 7. The van der Waals surface area contributed by atoms with Gasteiger partial charge in [0.25, 0.3) is 11.7 Å². The first-order valence-corrected chi connectivity index (χ1v) is 12.7. The molecule has 0 aromatic heterocycles. The van der Waals surface area contributed by atoms with Crippen LogP contribution in [0.15, 0.2) is 78.4 Å². The summed E-state index contributed by atoms with van der Waals surface area (Å²) in [5, 5.41) is 11.4. The maximum atomic E-state index is 13.3. The first kappa shape index (κ1) is 24.8. The van der Waals surface area contributed by atoms with Gasteiger partial charge in [-0.3, -0.25) is 9.59 Å². The van der Waals surface area contributed by atoms with Crippen LogP contribution in [0.5, 0.6) is 5.75 Å². The molecule has 2 atom stereocenters. The van der Waals surface area contributed by atoms with Crippen molar-refractivity contribution in [2.24, 2.45) is 0 Å². The molecule has 1 N–H and O–H groups in total. The van der Waals surface area contributed by atoms with Crippen LogP contribution >= 0.6 is 0 Å². The van der Waals surface area contributed by atoms with Gasteiger partial charge in [0.05, 0.1) is 17.7 Å². The number of hydrogen-bond donors (Lipinski definition) is 1. The van der Waals surface area contributed by atoms with Crippen molar-refractivity contribution in [1.82, 2.24) is 4.90 Å². The van der Waals surface area contributed by atoms with Crippen LogP contribution in [-0.2, 0) is 20.9 Å². The standard InChI is InChI=1S/C31H31NO5/c1-20-9-6-7-13-25(20)28-27(30(34)31(35)32(28)18-24-12-8-16-36-24)29(33)23-14-15-26(21(2)17-23)37-19-22-10-4-3-5-11-22/h3-7,9-11,13-15,17,24,28,33H,8,12,16,18-19H2,1-2H3/b29-27+. The Morgan fingerprint density at radius 3 is 2.46 bits per heavy atom. The second kappa shape index (κ2) is 10.6. The van der Waals surface area contributed by atoms with Crippen LogP contribution < -0.4 is 4.74 Å². The Morgan fingerprint density at radius 2 is 1.76 bits per heavy atom. The van der Waals surface area contributed by atoms with E-state index in [1.807, 2.05) is 68.4 Å². The fourth-order valence-corrected chi connectivity index (χ4v) is 5.14. The molecule has 0 saturated carbocycles. The molecule has 3 aromatic rings. The highest BCUT2D eigenvalue weighted by Gasteiger charge is 2.47. The number of ketones is 1. The summed E-state index contributed by atoms with van der Waals surface area (Å²) in [5.74, 6) is -0.774. The average Bonchev–Trinajstić information content (AvgIpc) is 3.51. The number of carbonyl (C=O) groups is 2. The minimum absolute atomic E-state index is 0.106. The van der Waals surface area contributed by atoms with Crippen molar-refractivity contribution < 1.29 is 24.2 Å². The summed E-state index contributed by atoms with van der Waals surface area (Å²) >= 11 is 0. The lowest BCUT2D eigenvalue weighted by Gasteiger charge is -2.28. The fourth-order valence-electron chi connectivity index (χ4n) is 5.14. The van der Waals surface area contributed by atoms with E-state index < -0.39 is 17.7 Å². The van der Waals surface area contributed by atoms with Crippen molar-refractivity contribution in [1.29, 1.82) is 0 Å². The molecule has 2 saturated heterocycles. The number of Topliss-reactive ketones (excluding diaryl/α,β-unsaturated/α-hetero) is 1. The third-order valence-electron chi connectivity index (χ3n) is 7.13. The summed E-state index contributed by atoms with van der Waals surface area (Å²) in [7, 11) is 0. The van der Waals surface area contributed by atoms with E-state index >= 15 is 0 Å². The van der Waals surface area contributed by atoms with Crippen molar-refractivity contribution in [2.45, 2.75) is 45.4 Å². The van der Waals surface area contributed by atoms with E-state index in [9.17, 15) is 14.7 Å². The number of benzene rings is 3. The number of hydrogen-bond acceptors (Lipinski definition) is 5. The van der Waals surface area contributed by atoms with Gasteiger partial charge in [0.1, 0.15) is 18.1 Å². The van der Waals surface area contributed by atoms with Crippen LogP contribution in [0.2, 0.25) is 0 Å².